The topological polar surface area (TPSA) is 80.0 Å². The van der Waals surface area contributed by atoms with Gasteiger partial charge in [-0.1, -0.05) is 30.3 Å². The lowest BCUT2D eigenvalue weighted by atomic mass is 10.1. The number of carbonyl (C=O) groups is 2. The Bertz CT molecular complexity index is 679. The molecule has 1 fully saturated rings. The van der Waals surface area contributed by atoms with Crippen molar-refractivity contribution in [3.8, 4) is 11.1 Å². The molecule has 1 aromatic heterocycles. The smallest absolute Gasteiger partial charge is 0.334 e. The average molecular weight is 301 g/mol. The van der Waals surface area contributed by atoms with E-state index in [1.54, 1.807) is 6.07 Å². The van der Waals surface area contributed by atoms with Crippen molar-refractivity contribution in [3.63, 3.8) is 0 Å². The van der Waals surface area contributed by atoms with Crippen molar-refractivity contribution in [2.45, 2.75) is 6.10 Å². The summed E-state index contributed by atoms with van der Waals surface area (Å²) in [4.78, 5) is 25.1. The number of benzene rings is 1. The number of furan rings is 1. The third kappa shape index (κ3) is 2.73. The van der Waals surface area contributed by atoms with E-state index in [-0.39, 0.29) is 24.8 Å². The van der Waals surface area contributed by atoms with Gasteiger partial charge in [-0.05, 0) is 11.6 Å². The van der Waals surface area contributed by atoms with Gasteiger partial charge in [-0.2, -0.15) is 0 Å². The molecule has 6 heteroatoms. The summed E-state index contributed by atoms with van der Waals surface area (Å²) in [5, 5.41) is 9.01. The van der Waals surface area contributed by atoms with Crippen molar-refractivity contribution in [3.05, 3.63) is 48.4 Å². The van der Waals surface area contributed by atoms with E-state index in [2.05, 4.69) is 0 Å². The largest absolute Gasteiger partial charge is 0.479 e. The fourth-order valence-electron chi connectivity index (χ4n) is 2.45. The molecule has 1 aromatic carbocycles. The van der Waals surface area contributed by atoms with E-state index in [9.17, 15) is 9.59 Å². The third-order valence-electron chi connectivity index (χ3n) is 3.57. The quantitative estimate of drug-likeness (QED) is 0.936. The molecule has 2 aromatic rings. The number of hydrogen-bond acceptors (Lipinski definition) is 4. The predicted octanol–water partition coefficient (Wildman–Crippen LogP) is 1.87. The summed E-state index contributed by atoms with van der Waals surface area (Å²) in [5.74, 6) is -1.17. The maximum Gasteiger partial charge on any atom is 0.334 e. The molecule has 3 rings (SSSR count). The van der Waals surface area contributed by atoms with Gasteiger partial charge in [-0.15, -0.1) is 0 Å². The van der Waals surface area contributed by atoms with Gasteiger partial charge in [0.2, 0.25) is 0 Å². The first-order valence-electron chi connectivity index (χ1n) is 6.93. The van der Waals surface area contributed by atoms with Gasteiger partial charge in [-0.3, -0.25) is 4.79 Å². The van der Waals surface area contributed by atoms with Crippen LogP contribution in [-0.4, -0.2) is 47.7 Å². The summed E-state index contributed by atoms with van der Waals surface area (Å²) in [7, 11) is 0. The highest BCUT2D eigenvalue weighted by Gasteiger charge is 2.31. The SMILES string of the molecule is O=C(O)C1CN(C(=O)c2occc2-c2ccccc2)CCO1. The Morgan fingerprint density at radius 3 is 2.68 bits per heavy atom. The van der Waals surface area contributed by atoms with Crippen molar-refractivity contribution >= 4 is 11.9 Å². The van der Waals surface area contributed by atoms with E-state index < -0.39 is 12.1 Å². The van der Waals surface area contributed by atoms with Crippen LogP contribution in [0.2, 0.25) is 0 Å². The van der Waals surface area contributed by atoms with E-state index >= 15 is 0 Å². The number of aliphatic carboxylic acids is 1. The summed E-state index contributed by atoms with van der Waals surface area (Å²) in [6.45, 7) is 0.560. The molecule has 1 aliphatic heterocycles. The van der Waals surface area contributed by atoms with Crippen LogP contribution < -0.4 is 0 Å². The second-order valence-electron chi connectivity index (χ2n) is 4.98. The molecule has 1 atom stereocenters. The molecule has 0 aliphatic carbocycles. The minimum atomic E-state index is -1.07. The zero-order valence-corrected chi connectivity index (χ0v) is 11.8. The maximum atomic E-state index is 12.6. The Balaban J connectivity index is 1.84. The molecular formula is C16H15NO5. The summed E-state index contributed by atoms with van der Waals surface area (Å²) in [5.41, 5.74) is 1.58. The first kappa shape index (κ1) is 14.3. The van der Waals surface area contributed by atoms with Crippen LogP contribution in [0.1, 0.15) is 10.6 Å². The molecule has 2 heterocycles. The lowest BCUT2D eigenvalue weighted by molar-refractivity contribution is -0.154. The number of carbonyl (C=O) groups excluding carboxylic acids is 1. The minimum Gasteiger partial charge on any atom is -0.479 e. The maximum absolute atomic E-state index is 12.6. The summed E-state index contributed by atoms with van der Waals surface area (Å²) < 4.78 is 10.5. The first-order chi connectivity index (χ1) is 10.7. The minimum absolute atomic E-state index is 0.0170. The van der Waals surface area contributed by atoms with E-state index in [4.69, 9.17) is 14.3 Å². The number of carboxylic acids is 1. The van der Waals surface area contributed by atoms with Crippen molar-refractivity contribution in [1.29, 1.82) is 0 Å². The number of morpholine rings is 1. The molecule has 1 aliphatic rings. The Hall–Kier alpha value is -2.60. The van der Waals surface area contributed by atoms with Gasteiger partial charge in [0.15, 0.2) is 11.9 Å². The van der Waals surface area contributed by atoms with Gasteiger partial charge < -0.3 is 19.2 Å². The van der Waals surface area contributed by atoms with Crippen LogP contribution in [0.3, 0.4) is 0 Å². The Labute approximate surface area is 126 Å². The van der Waals surface area contributed by atoms with Gasteiger partial charge in [0.1, 0.15) is 0 Å². The zero-order chi connectivity index (χ0) is 15.5. The second kappa shape index (κ2) is 6.03. The standard InChI is InChI=1S/C16H15NO5/c18-15(17-7-9-21-13(10-17)16(19)20)14-12(6-8-22-14)11-4-2-1-3-5-11/h1-6,8,13H,7,9-10H2,(H,19,20). The summed E-state index contributed by atoms with van der Waals surface area (Å²) in [6, 6.07) is 11.2. The highest BCUT2D eigenvalue weighted by molar-refractivity contribution is 5.98. The molecule has 114 valence electrons. The van der Waals surface area contributed by atoms with Crippen LogP contribution >= 0.6 is 0 Å². The molecular weight excluding hydrogens is 286 g/mol. The molecule has 0 saturated carbocycles. The van der Waals surface area contributed by atoms with E-state index in [1.807, 2.05) is 30.3 Å². The average Bonchev–Trinajstić information content (AvgIpc) is 3.04. The molecule has 6 nitrogen and oxygen atoms in total. The van der Waals surface area contributed by atoms with Gasteiger partial charge in [0.05, 0.1) is 19.4 Å². The number of hydrogen-bond donors (Lipinski definition) is 1. The zero-order valence-electron chi connectivity index (χ0n) is 11.8. The fraction of sp³-hybridized carbons (Fsp3) is 0.250. The number of nitrogens with zero attached hydrogens (tertiary/aromatic N) is 1. The number of carboxylic acid groups (broad SMARTS) is 1. The van der Waals surface area contributed by atoms with Crippen LogP contribution in [0.5, 0.6) is 0 Å². The molecule has 1 amide bonds. The van der Waals surface area contributed by atoms with E-state index in [1.165, 1.54) is 11.2 Å². The third-order valence-corrected chi connectivity index (χ3v) is 3.57. The van der Waals surface area contributed by atoms with Crippen LogP contribution in [0.15, 0.2) is 47.1 Å². The Morgan fingerprint density at radius 1 is 1.18 bits per heavy atom. The van der Waals surface area contributed by atoms with Gasteiger partial charge in [0, 0.05) is 12.1 Å². The van der Waals surface area contributed by atoms with E-state index in [0.29, 0.717) is 12.1 Å². The number of ether oxygens (including phenoxy) is 1. The monoisotopic (exact) mass is 301 g/mol. The molecule has 1 saturated heterocycles. The predicted molar refractivity (Wildman–Crippen MR) is 77.4 cm³/mol. The number of amides is 1. The molecule has 0 radical (unpaired) electrons. The highest BCUT2D eigenvalue weighted by atomic mass is 16.5. The first-order valence-corrected chi connectivity index (χ1v) is 6.93. The Morgan fingerprint density at radius 2 is 1.95 bits per heavy atom. The summed E-state index contributed by atoms with van der Waals surface area (Å²) in [6.07, 6.45) is 0.470. The van der Waals surface area contributed by atoms with Crippen LogP contribution in [-0.2, 0) is 9.53 Å². The Kier molecular flexibility index (Phi) is 3.93. The fourth-order valence-corrected chi connectivity index (χ4v) is 2.45. The molecule has 22 heavy (non-hydrogen) atoms. The van der Waals surface area contributed by atoms with Crippen molar-refractivity contribution in [2.75, 3.05) is 19.7 Å². The van der Waals surface area contributed by atoms with Crippen LogP contribution in [0.4, 0.5) is 0 Å². The van der Waals surface area contributed by atoms with Crippen molar-refractivity contribution in [1.82, 2.24) is 4.90 Å². The van der Waals surface area contributed by atoms with Gasteiger partial charge in [-0.25, -0.2) is 4.79 Å². The van der Waals surface area contributed by atoms with Crippen molar-refractivity contribution in [2.24, 2.45) is 0 Å². The van der Waals surface area contributed by atoms with Crippen LogP contribution in [0.25, 0.3) is 11.1 Å². The van der Waals surface area contributed by atoms with Crippen molar-refractivity contribution < 1.29 is 23.8 Å². The van der Waals surface area contributed by atoms with Gasteiger partial charge >= 0.3 is 5.97 Å². The number of rotatable bonds is 3. The second-order valence-corrected chi connectivity index (χ2v) is 4.98. The highest BCUT2D eigenvalue weighted by Crippen LogP contribution is 2.26. The van der Waals surface area contributed by atoms with Gasteiger partial charge in [0.25, 0.3) is 5.91 Å². The van der Waals surface area contributed by atoms with E-state index in [0.717, 1.165) is 5.56 Å². The lowest BCUT2D eigenvalue weighted by Crippen LogP contribution is -2.48. The molecule has 0 bridgehead atoms. The normalized spacial score (nSPS) is 18.2. The molecule has 0 spiro atoms. The lowest BCUT2D eigenvalue weighted by Gasteiger charge is -2.30. The van der Waals surface area contributed by atoms with Crippen LogP contribution in [0, 0.1) is 0 Å². The molecule has 1 N–H and O–H groups in total. The molecule has 1 unspecified atom stereocenters. The summed E-state index contributed by atoms with van der Waals surface area (Å²) >= 11 is 0.